The number of imidazole rings is 1. The lowest BCUT2D eigenvalue weighted by atomic mass is 10.2. The van der Waals surface area contributed by atoms with Crippen molar-refractivity contribution in [2.45, 2.75) is 5.88 Å². The highest BCUT2D eigenvalue weighted by Gasteiger charge is 2.14. The second-order valence-corrected chi connectivity index (χ2v) is 5.82. The predicted molar refractivity (Wildman–Crippen MR) is 83.3 cm³/mol. The average molecular weight is 374 g/mol. The second-order valence-electron chi connectivity index (χ2n) is 4.23. The van der Waals surface area contributed by atoms with Crippen LogP contribution in [0.5, 0.6) is 0 Å². The molecule has 0 bridgehead atoms. The van der Waals surface area contributed by atoms with Gasteiger partial charge in [0.2, 0.25) is 0 Å². The highest BCUT2D eigenvalue weighted by molar-refractivity contribution is 9.10. The standard InChI is InChI=1S/C14H8BrCl2FN2/c15-8-1-3-10(17)13(5-8)20-12-4-2-9(18)6-11(12)19-14(20)7-16/h1-6H,7H2. The Hall–Kier alpha value is -1.10. The molecule has 2 aromatic carbocycles. The van der Waals surface area contributed by atoms with Crippen LogP contribution < -0.4 is 0 Å². The number of nitrogens with zero attached hydrogens (tertiary/aromatic N) is 2. The molecule has 0 fully saturated rings. The van der Waals surface area contributed by atoms with Crippen LogP contribution in [0.3, 0.4) is 0 Å². The van der Waals surface area contributed by atoms with E-state index in [2.05, 4.69) is 20.9 Å². The quantitative estimate of drug-likeness (QED) is 0.556. The zero-order valence-corrected chi connectivity index (χ0v) is 13.2. The summed E-state index contributed by atoms with van der Waals surface area (Å²) in [6, 6.07) is 9.96. The van der Waals surface area contributed by atoms with E-state index in [0.717, 1.165) is 15.7 Å². The second kappa shape index (κ2) is 5.35. The number of hydrogen-bond acceptors (Lipinski definition) is 1. The molecule has 0 N–H and O–H groups in total. The van der Waals surface area contributed by atoms with Crippen LogP contribution in [0.1, 0.15) is 5.82 Å². The van der Waals surface area contributed by atoms with Crippen LogP contribution in [0, 0.1) is 5.82 Å². The monoisotopic (exact) mass is 372 g/mol. The van der Waals surface area contributed by atoms with Crippen molar-refractivity contribution in [3.63, 3.8) is 0 Å². The lowest BCUT2D eigenvalue weighted by Crippen LogP contribution is -2.00. The molecule has 20 heavy (non-hydrogen) atoms. The number of halogens is 4. The SMILES string of the molecule is Fc1ccc2c(c1)nc(CCl)n2-c1cc(Br)ccc1Cl. The van der Waals surface area contributed by atoms with Crippen LogP contribution in [0.25, 0.3) is 16.7 Å². The molecule has 1 aromatic heterocycles. The van der Waals surface area contributed by atoms with Gasteiger partial charge in [0.05, 0.1) is 27.6 Å². The van der Waals surface area contributed by atoms with Crippen molar-refractivity contribution in [1.29, 1.82) is 0 Å². The Balaban J connectivity index is 2.37. The molecule has 3 aromatic rings. The smallest absolute Gasteiger partial charge is 0.129 e. The molecule has 102 valence electrons. The molecule has 6 heteroatoms. The number of fused-ring (bicyclic) bond motifs is 1. The first-order chi connectivity index (χ1) is 9.60. The summed E-state index contributed by atoms with van der Waals surface area (Å²) in [6.07, 6.45) is 0. The molecule has 0 atom stereocenters. The highest BCUT2D eigenvalue weighted by atomic mass is 79.9. The first-order valence-electron chi connectivity index (χ1n) is 5.78. The van der Waals surface area contributed by atoms with Crippen molar-refractivity contribution < 1.29 is 4.39 Å². The van der Waals surface area contributed by atoms with Crippen LogP contribution in [0.15, 0.2) is 40.9 Å². The number of benzene rings is 2. The molecule has 0 amide bonds. The summed E-state index contributed by atoms with van der Waals surface area (Å²) >= 11 is 15.6. The Morgan fingerprint density at radius 1 is 1.20 bits per heavy atom. The Bertz CT molecular complexity index is 801. The van der Waals surface area contributed by atoms with Gasteiger partial charge in [-0.2, -0.15) is 0 Å². The Labute approximate surface area is 133 Å². The van der Waals surface area contributed by atoms with Crippen LogP contribution >= 0.6 is 39.1 Å². The van der Waals surface area contributed by atoms with Gasteiger partial charge < -0.3 is 0 Å². The van der Waals surface area contributed by atoms with E-state index in [4.69, 9.17) is 23.2 Å². The van der Waals surface area contributed by atoms with E-state index in [1.54, 1.807) is 12.1 Å². The first kappa shape index (κ1) is 13.9. The first-order valence-corrected chi connectivity index (χ1v) is 7.49. The summed E-state index contributed by atoms with van der Waals surface area (Å²) in [5, 5.41) is 0.572. The lowest BCUT2D eigenvalue weighted by molar-refractivity contribution is 0.629. The Morgan fingerprint density at radius 2 is 2.00 bits per heavy atom. The van der Waals surface area contributed by atoms with E-state index < -0.39 is 0 Å². The fraction of sp³-hybridized carbons (Fsp3) is 0.0714. The minimum Gasteiger partial charge on any atom is -0.294 e. The van der Waals surface area contributed by atoms with Gasteiger partial charge >= 0.3 is 0 Å². The predicted octanol–water partition coefficient (Wildman–Crippen LogP) is 5.32. The molecule has 0 saturated carbocycles. The maximum atomic E-state index is 13.3. The molecule has 0 spiro atoms. The third kappa shape index (κ3) is 2.32. The Kier molecular flexibility index (Phi) is 3.71. The van der Waals surface area contributed by atoms with Crippen molar-refractivity contribution >= 4 is 50.2 Å². The van der Waals surface area contributed by atoms with E-state index in [1.165, 1.54) is 12.1 Å². The number of hydrogen-bond donors (Lipinski definition) is 0. The molecule has 0 unspecified atom stereocenters. The third-order valence-electron chi connectivity index (χ3n) is 2.95. The third-order valence-corrected chi connectivity index (χ3v) is 4.01. The van der Waals surface area contributed by atoms with E-state index in [-0.39, 0.29) is 11.7 Å². The summed E-state index contributed by atoms with van der Waals surface area (Å²) in [6.45, 7) is 0. The summed E-state index contributed by atoms with van der Waals surface area (Å²) in [4.78, 5) is 4.36. The molecule has 0 aliphatic carbocycles. The topological polar surface area (TPSA) is 17.8 Å². The molecule has 3 rings (SSSR count). The molecule has 2 nitrogen and oxygen atoms in total. The zero-order valence-electron chi connectivity index (χ0n) is 10.1. The normalized spacial score (nSPS) is 11.2. The minimum atomic E-state index is -0.330. The molecule has 0 aliphatic heterocycles. The van der Waals surface area contributed by atoms with Crippen molar-refractivity contribution in [1.82, 2.24) is 9.55 Å². The number of rotatable bonds is 2. The van der Waals surface area contributed by atoms with Gasteiger partial charge in [-0.05, 0) is 30.3 Å². The van der Waals surface area contributed by atoms with Gasteiger partial charge in [0.15, 0.2) is 0 Å². The molecular weight excluding hydrogens is 366 g/mol. The molecule has 1 heterocycles. The van der Waals surface area contributed by atoms with Crippen LogP contribution in [-0.2, 0) is 5.88 Å². The van der Waals surface area contributed by atoms with Crippen molar-refractivity contribution in [2.24, 2.45) is 0 Å². The van der Waals surface area contributed by atoms with Gasteiger partial charge in [-0.15, -0.1) is 11.6 Å². The summed E-state index contributed by atoms with van der Waals surface area (Å²) in [7, 11) is 0. The fourth-order valence-corrected chi connectivity index (χ4v) is 2.85. The highest BCUT2D eigenvalue weighted by Crippen LogP contribution is 2.30. The van der Waals surface area contributed by atoms with E-state index in [1.807, 2.05) is 16.7 Å². The van der Waals surface area contributed by atoms with Crippen molar-refractivity contribution in [3.8, 4) is 5.69 Å². The fourth-order valence-electron chi connectivity index (χ4n) is 2.12. The number of alkyl halides is 1. The van der Waals surface area contributed by atoms with Gasteiger partial charge in [0.1, 0.15) is 11.6 Å². The lowest BCUT2D eigenvalue weighted by Gasteiger charge is -2.10. The van der Waals surface area contributed by atoms with Gasteiger partial charge in [-0.25, -0.2) is 9.37 Å². The van der Waals surface area contributed by atoms with Gasteiger partial charge in [-0.3, -0.25) is 4.57 Å². The van der Waals surface area contributed by atoms with E-state index in [0.29, 0.717) is 16.4 Å². The minimum absolute atomic E-state index is 0.207. The molecular formula is C14H8BrCl2FN2. The Morgan fingerprint density at radius 3 is 2.75 bits per heavy atom. The number of aromatic nitrogens is 2. The van der Waals surface area contributed by atoms with Crippen LogP contribution in [0.2, 0.25) is 5.02 Å². The molecule has 0 radical (unpaired) electrons. The maximum Gasteiger partial charge on any atom is 0.129 e. The van der Waals surface area contributed by atoms with Gasteiger partial charge in [0, 0.05) is 10.5 Å². The molecule has 0 aliphatic rings. The van der Waals surface area contributed by atoms with Crippen molar-refractivity contribution in [2.75, 3.05) is 0 Å². The van der Waals surface area contributed by atoms with Gasteiger partial charge in [-0.1, -0.05) is 27.5 Å². The zero-order chi connectivity index (χ0) is 14.3. The van der Waals surface area contributed by atoms with E-state index >= 15 is 0 Å². The summed E-state index contributed by atoms with van der Waals surface area (Å²) in [5.74, 6) is 0.495. The van der Waals surface area contributed by atoms with Gasteiger partial charge in [0.25, 0.3) is 0 Å². The molecule has 0 saturated heterocycles. The van der Waals surface area contributed by atoms with Crippen molar-refractivity contribution in [3.05, 3.63) is 57.5 Å². The average Bonchev–Trinajstić information content (AvgIpc) is 2.78. The van der Waals surface area contributed by atoms with Crippen LogP contribution in [0.4, 0.5) is 4.39 Å². The largest absolute Gasteiger partial charge is 0.294 e. The summed E-state index contributed by atoms with van der Waals surface area (Å²) < 4.78 is 16.0. The summed E-state index contributed by atoms with van der Waals surface area (Å²) in [5.41, 5.74) is 2.07. The maximum absolute atomic E-state index is 13.3. The van der Waals surface area contributed by atoms with Crippen LogP contribution in [-0.4, -0.2) is 9.55 Å². The van der Waals surface area contributed by atoms with E-state index in [9.17, 15) is 4.39 Å².